The molecule has 2 N–H and O–H groups in total. The van der Waals surface area contributed by atoms with Crippen molar-refractivity contribution in [3.8, 4) is 5.75 Å². The van der Waals surface area contributed by atoms with Crippen molar-refractivity contribution in [1.82, 2.24) is 0 Å². The smallest absolute Gasteiger partial charge is 0.150 e. The summed E-state index contributed by atoms with van der Waals surface area (Å²) in [5.74, 6) is 0.887. The fourth-order valence-corrected chi connectivity index (χ4v) is 2.87. The number of rotatable bonds is 8. The largest absolute Gasteiger partial charge is 0.492 e. The van der Waals surface area contributed by atoms with Gasteiger partial charge in [-0.25, -0.2) is 8.42 Å². The van der Waals surface area contributed by atoms with E-state index in [1.807, 2.05) is 19.1 Å². The monoisotopic (exact) mass is 319 g/mol. The summed E-state index contributed by atoms with van der Waals surface area (Å²) in [6.45, 7) is 3.92. The second-order valence-electron chi connectivity index (χ2n) is 4.88. The minimum atomic E-state index is -2.93. The van der Waals surface area contributed by atoms with Gasteiger partial charge in [-0.1, -0.05) is 24.6 Å². The van der Waals surface area contributed by atoms with Crippen LogP contribution in [0.2, 0.25) is 5.02 Å². The lowest BCUT2D eigenvalue weighted by atomic mass is 10.1. The molecule has 0 bridgehead atoms. The van der Waals surface area contributed by atoms with Crippen LogP contribution in [0.1, 0.15) is 25.8 Å². The second-order valence-corrected chi connectivity index (χ2v) is 7.76. The van der Waals surface area contributed by atoms with Crippen LogP contribution in [0.4, 0.5) is 0 Å². The van der Waals surface area contributed by atoms with Crippen LogP contribution in [0.5, 0.6) is 5.75 Å². The van der Waals surface area contributed by atoms with Crippen LogP contribution in [0.15, 0.2) is 18.2 Å². The molecule has 0 spiro atoms. The van der Waals surface area contributed by atoms with Crippen molar-refractivity contribution in [3.63, 3.8) is 0 Å². The Bertz CT molecular complexity index is 529. The molecule has 0 aromatic heterocycles. The lowest BCUT2D eigenvalue weighted by Crippen LogP contribution is -2.17. The first-order valence-electron chi connectivity index (χ1n) is 6.71. The molecule has 0 radical (unpaired) electrons. The molecule has 114 valence electrons. The van der Waals surface area contributed by atoms with Crippen LogP contribution in [0.25, 0.3) is 0 Å². The Morgan fingerprint density at radius 3 is 2.65 bits per heavy atom. The molecular formula is C14H22ClNO3S. The summed E-state index contributed by atoms with van der Waals surface area (Å²) in [5, 5.41) is 0.529. The first-order chi connectivity index (χ1) is 9.34. The number of benzene rings is 1. The summed E-state index contributed by atoms with van der Waals surface area (Å²) in [6, 6.07) is 5.64. The zero-order valence-electron chi connectivity index (χ0n) is 11.9. The maximum Gasteiger partial charge on any atom is 0.150 e. The summed E-state index contributed by atoms with van der Waals surface area (Å²) in [5.41, 5.74) is 6.79. The van der Waals surface area contributed by atoms with Crippen LogP contribution in [0.3, 0.4) is 0 Å². The van der Waals surface area contributed by atoms with E-state index in [2.05, 4.69) is 0 Å². The Balaban J connectivity index is 2.49. The van der Waals surface area contributed by atoms with Crippen LogP contribution in [-0.4, -0.2) is 32.6 Å². The van der Waals surface area contributed by atoms with Crippen molar-refractivity contribution in [1.29, 1.82) is 0 Å². The number of hydrogen-bond acceptors (Lipinski definition) is 4. The number of hydrogen-bond donors (Lipinski definition) is 1. The molecule has 0 heterocycles. The van der Waals surface area contributed by atoms with Gasteiger partial charge in [0.2, 0.25) is 0 Å². The van der Waals surface area contributed by atoms with Crippen molar-refractivity contribution >= 4 is 21.4 Å². The molecule has 6 heteroatoms. The molecule has 0 aliphatic heterocycles. The predicted molar refractivity (Wildman–Crippen MR) is 83.2 cm³/mol. The summed E-state index contributed by atoms with van der Waals surface area (Å²) >= 11 is 6.12. The van der Waals surface area contributed by atoms with E-state index in [0.717, 1.165) is 12.0 Å². The van der Waals surface area contributed by atoms with Crippen LogP contribution in [-0.2, 0) is 16.3 Å². The van der Waals surface area contributed by atoms with Crippen molar-refractivity contribution < 1.29 is 13.2 Å². The summed E-state index contributed by atoms with van der Waals surface area (Å²) in [6.07, 6.45) is 1.23. The average molecular weight is 320 g/mol. The van der Waals surface area contributed by atoms with E-state index in [1.54, 1.807) is 13.0 Å². The van der Waals surface area contributed by atoms with E-state index in [-0.39, 0.29) is 17.5 Å². The highest BCUT2D eigenvalue weighted by Crippen LogP contribution is 2.26. The molecule has 0 amide bonds. The maximum absolute atomic E-state index is 11.3. The van der Waals surface area contributed by atoms with Gasteiger partial charge < -0.3 is 10.5 Å². The molecule has 1 atom stereocenters. The third-order valence-electron chi connectivity index (χ3n) is 2.85. The van der Waals surface area contributed by atoms with Gasteiger partial charge in [0.25, 0.3) is 0 Å². The molecule has 0 saturated carbocycles. The van der Waals surface area contributed by atoms with E-state index >= 15 is 0 Å². The molecule has 4 nitrogen and oxygen atoms in total. The zero-order chi connectivity index (χ0) is 15.2. The van der Waals surface area contributed by atoms with Crippen LogP contribution >= 0.6 is 11.6 Å². The molecule has 1 aromatic rings. The van der Waals surface area contributed by atoms with E-state index < -0.39 is 9.84 Å². The van der Waals surface area contributed by atoms with Gasteiger partial charge in [0, 0.05) is 11.8 Å². The van der Waals surface area contributed by atoms with E-state index in [9.17, 15) is 8.42 Å². The summed E-state index contributed by atoms with van der Waals surface area (Å²) < 4.78 is 28.2. The first-order valence-corrected chi connectivity index (χ1v) is 8.91. The topological polar surface area (TPSA) is 69.4 Å². The van der Waals surface area contributed by atoms with Crippen molar-refractivity contribution in [2.24, 2.45) is 5.73 Å². The van der Waals surface area contributed by atoms with Gasteiger partial charge in [-0.15, -0.1) is 0 Å². The summed E-state index contributed by atoms with van der Waals surface area (Å²) in [4.78, 5) is 0. The molecular weight excluding hydrogens is 298 g/mol. The lowest BCUT2D eigenvalue weighted by molar-refractivity contribution is 0.318. The summed E-state index contributed by atoms with van der Waals surface area (Å²) in [7, 11) is -2.93. The van der Waals surface area contributed by atoms with E-state index in [0.29, 0.717) is 23.8 Å². The Hall–Kier alpha value is -0.780. The molecule has 1 aromatic carbocycles. The fraction of sp³-hybridized carbons (Fsp3) is 0.571. The Morgan fingerprint density at radius 2 is 2.10 bits per heavy atom. The fourth-order valence-electron chi connectivity index (χ4n) is 1.77. The van der Waals surface area contributed by atoms with Gasteiger partial charge in [0.05, 0.1) is 17.4 Å². The number of halogens is 1. The van der Waals surface area contributed by atoms with Gasteiger partial charge in [-0.05, 0) is 37.5 Å². The first kappa shape index (κ1) is 17.3. The van der Waals surface area contributed by atoms with Crippen molar-refractivity contribution in [2.75, 3.05) is 18.1 Å². The average Bonchev–Trinajstić information content (AvgIpc) is 2.36. The van der Waals surface area contributed by atoms with Gasteiger partial charge in [-0.3, -0.25) is 0 Å². The van der Waals surface area contributed by atoms with Gasteiger partial charge >= 0.3 is 0 Å². The Labute approximate surface area is 126 Å². The highest BCUT2D eigenvalue weighted by Gasteiger charge is 2.08. The Morgan fingerprint density at radius 1 is 1.40 bits per heavy atom. The third kappa shape index (κ3) is 6.11. The second kappa shape index (κ2) is 7.86. The number of nitrogens with two attached hydrogens (primary N) is 1. The zero-order valence-corrected chi connectivity index (χ0v) is 13.5. The lowest BCUT2D eigenvalue weighted by Gasteiger charge is -2.10. The van der Waals surface area contributed by atoms with Crippen molar-refractivity contribution in [3.05, 3.63) is 28.8 Å². The predicted octanol–water partition coefficient (Wildman–Crippen LogP) is 2.43. The quantitative estimate of drug-likeness (QED) is 0.747. The maximum atomic E-state index is 11.3. The molecule has 0 fully saturated rings. The van der Waals surface area contributed by atoms with Gasteiger partial charge in [0.1, 0.15) is 15.6 Å². The van der Waals surface area contributed by atoms with Gasteiger partial charge in [0.15, 0.2) is 0 Å². The number of sulfone groups is 1. The molecule has 0 aliphatic carbocycles. The van der Waals surface area contributed by atoms with Gasteiger partial charge in [-0.2, -0.15) is 0 Å². The molecule has 1 unspecified atom stereocenters. The molecule has 1 rings (SSSR count). The standard InChI is InChI=1S/C14H22ClNO3S/c1-3-20(17,18)8-4-7-19-14-6-5-12(9-11(2)16)10-13(14)15/h5-6,10-11H,3-4,7-9,16H2,1-2H3. The van der Waals surface area contributed by atoms with E-state index in [4.69, 9.17) is 22.1 Å². The minimum Gasteiger partial charge on any atom is -0.492 e. The third-order valence-corrected chi connectivity index (χ3v) is 4.94. The van der Waals surface area contributed by atoms with Crippen molar-refractivity contribution in [2.45, 2.75) is 32.7 Å². The SMILES string of the molecule is CCS(=O)(=O)CCCOc1ccc(CC(C)N)cc1Cl. The highest BCUT2D eigenvalue weighted by atomic mass is 35.5. The van der Waals surface area contributed by atoms with E-state index in [1.165, 1.54) is 0 Å². The molecule has 0 saturated heterocycles. The highest BCUT2D eigenvalue weighted by molar-refractivity contribution is 7.91. The molecule has 20 heavy (non-hydrogen) atoms. The normalized spacial score (nSPS) is 13.2. The minimum absolute atomic E-state index is 0.0806. The van der Waals surface area contributed by atoms with Crippen LogP contribution < -0.4 is 10.5 Å². The molecule has 0 aliphatic rings. The van der Waals surface area contributed by atoms with Crippen LogP contribution in [0, 0.1) is 0 Å². The number of ether oxygens (including phenoxy) is 1. The Kier molecular flexibility index (Phi) is 6.79.